The highest BCUT2D eigenvalue weighted by atomic mass is 127. The quantitative estimate of drug-likeness (QED) is 0.593. The lowest BCUT2D eigenvalue weighted by Gasteiger charge is -2.53. The summed E-state index contributed by atoms with van der Waals surface area (Å²) in [6.45, 7) is 9.32. The molecule has 2 aliphatic rings. The summed E-state index contributed by atoms with van der Waals surface area (Å²) < 4.78 is 8.31. The number of ether oxygens (including phenoxy) is 1. The number of fused-ring (bicyclic) bond motifs is 1. The topological polar surface area (TPSA) is 63.0 Å². The minimum Gasteiger partial charge on any atom is -0.444 e. The summed E-state index contributed by atoms with van der Waals surface area (Å²) in [7, 11) is 0. The highest BCUT2D eigenvalue weighted by Gasteiger charge is 2.47. The van der Waals surface area contributed by atoms with Crippen molar-refractivity contribution in [2.24, 2.45) is 5.41 Å². The Morgan fingerprint density at radius 1 is 1.32 bits per heavy atom. The van der Waals surface area contributed by atoms with Crippen LogP contribution in [0.1, 0.15) is 33.6 Å². The van der Waals surface area contributed by atoms with Crippen LogP contribution in [0.4, 0.5) is 9.93 Å². The highest BCUT2D eigenvalue weighted by Crippen LogP contribution is 2.43. The Balaban J connectivity index is 1.33. The van der Waals surface area contributed by atoms with Gasteiger partial charge in [0.15, 0.2) is 0 Å². The molecule has 2 aromatic heterocycles. The summed E-state index contributed by atoms with van der Waals surface area (Å²) in [6.07, 6.45) is 3.83. The van der Waals surface area contributed by atoms with E-state index in [0.29, 0.717) is 5.41 Å². The van der Waals surface area contributed by atoms with Gasteiger partial charge in [-0.3, -0.25) is 0 Å². The number of carbonyl (C=O) groups excluding carboxylic acids is 1. The van der Waals surface area contributed by atoms with E-state index in [1.54, 1.807) is 11.3 Å². The zero-order chi connectivity index (χ0) is 17.8. The first-order valence-electron chi connectivity index (χ1n) is 8.48. The molecule has 0 unspecified atom stereocenters. The second kappa shape index (κ2) is 5.97. The summed E-state index contributed by atoms with van der Waals surface area (Å²) in [6, 6.07) is 0. The van der Waals surface area contributed by atoms with Crippen molar-refractivity contribution >= 4 is 50.1 Å². The fraction of sp³-hybridized carbons (Fsp3) is 0.688. The zero-order valence-electron chi connectivity index (χ0n) is 14.7. The van der Waals surface area contributed by atoms with Gasteiger partial charge in [-0.05, 0) is 56.2 Å². The van der Waals surface area contributed by atoms with Crippen molar-refractivity contribution in [1.82, 2.24) is 19.5 Å². The van der Waals surface area contributed by atoms with Crippen molar-refractivity contribution in [3.63, 3.8) is 0 Å². The Labute approximate surface area is 164 Å². The third kappa shape index (κ3) is 3.44. The largest absolute Gasteiger partial charge is 0.444 e. The molecular formula is C16H22IN5O2S. The fourth-order valence-corrected chi connectivity index (χ4v) is 5.03. The maximum atomic E-state index is 12.2. The summed E-state index contributed by atoms with van der Waals surface area (Å²) >= 11 is 3.84. The lowest BCUT2D eigenvalue weighted by Crippen LogP contribution is -2.61. The molecule has 0 aliphatic carbocycles. The molecule has 2 aliphatic heterocycles. The second-order valence-electron chi connectivity index (χ2n) is 8.00. The number of hydrogen-bond donors (Lipinski definition) is 0. The number of hydrogen-bond acceptors (Lipinski definition) is 6. The standard InChI is InChI=1S/C16H22IN5O2S/c1-15(2,3)24-14(23)20-6-4-16(5-7-20)9-21(10-16)13-19-22-8-11(17)18-12(22)25-13/h8H,4-7,9-10H2,1-3H3. The summed E-state index contributed by atoms with van der Waals surface area (Å²) in [5, 5.41) is 5.67. The summed E-state index contributed by atoms with van der Waals surface area (Å²) in [5.74, 6) is 0. The monoisotopic (exact) mass is 475 g/mol. The first-order valence-corrected chi connectivity index (χ1v) is 10.4. The van der Waals surface area contributed by atoms with Crippen LogP contribution in [0.5, 0.6) is 0 Å². The number of aromatic nitrogens is 3. The normalized spacial score (nSPS) is 20.2. The molecule has 0 atom stereocenters. The van der Waals surface area contributed by atoms with Gasteiger partial charge >= 0.3 is 6.09 Å². The smallest absolute Gasteiger partial charge is 0.410 e. The van der Waals surface area contributed by atoms with Crippen molar-refractivity contribution in [2.45, 2.75) is 39.2 Å². The maximum absolute atomic E-state index is 12.2. The van der Waals surface area contributed by atoms with Gasteiger partial charge in [-0.1, -0.05) is 11.3 Å². The molecule has 0 N–H and O–H groups in total. The predicted octanol–water partition coefficient (Wildman–Crippen LogP) is 3.23. The van der Waals surface area contributed by atoms with Crippen molar-refractivity contribution in [3.05, 3.63) is 9.90 Å². The van der Waals surface area contributed by atoms with E-state index in [0.717, 1.165) is 52.8 Å². The van der Waals surface area contributed by atoms with Crippen molar-refractivity contribution in [1.29, 1.82) is 0 Å². The first-order chi connectivity index (χ1) is 11.7. The average molecular weight is 475 g/mol. The first kappa shape index (κ1) is 17.3. The van der Waals surface area contributed by atoms with E-state index in [4.69, 9.17) is 4.74 Å². The van der Waals surface area contributed by atoms with Gasteiger partial charge in [-0.15, -0.1) is 5.10 Å². The lowest BCUT2D eigenvalue weighted by molar-refractivity contribution is 0.00596. The number of likely N-dealkylation sites (tertiary alicyclic amines) is 1. The van der Waals surface area contributed by atoms with Gasteiger partial charge in [0.05, 0.1) is 6.20 Å². The van der Waals surface area contributed by atoms with Crippen LogP contribution in [-0.2, 0) is 4.74 Å². The molecule has 0 saturated carbocycles. The number of rotatable bonds is 1. The van der Waals surface area contributed by atoms with Gasteiger partial charge in [0.25, 0.3) is 0 Å². The Morgan fingerprint density at radius 3 is 2.60 bits per heavy atom. The van der Waals surface area contributed by atoms with E-state index < -0.39 is 5.60 Å². The summed E-state index contributed by atoms with van der Waals surface area (Å²) in [4.78, 5) is 21.8. The van der Waals surface area contributed by atoms with Crippen molar-refractivity contribution in [3.8, 4) is 0 Å². The third-order valence-electron chi connectivity index (χ3n) is 4.80. The molecule has 136 valence electrons. The van der Waals surface area contributed by atoms with E-state index in [2.05, 4.69) is 37.6 Å². The van der Waals surface area contributed by atoms with Crippen molar-refractivity contribution < 1.29 is 9.53 Å². The Bertz CT molecular complexity index is 764. The minimum absolute atomic E-state index is 0.186. The Morgan fingerprint density at radius 2 is 2.00 bits per heavy atom. The van der Waals surface area contributed by atoms with Crippen LogP contribution in [0, 0.1) is 9.12 Å². The molecule has 1 amide bonds. The molecular weight excluding hydrogens is 453 g/mol. The van der Waals surface area contributed by atoms with E-state index in [1.807, 2.05) is 36.4 Å². The SMILES string of the molecule is CC(C)(C)OC(=O)N1CCC2(CC1)CN(c1nn3cc(I)nc3s1)C2. The number of amides is 1. The molecule has 2 saturated heterocycles. The number of piperidine rings is 1. The van der Waals surface area contributed by atoms with Gasteiger partial charge in [-0.25, -0.2) is 14.3 Å². The van der Waals surface area contributed by atoms with E-state index in [9.17, 15) is 4.79 Å². The molecule has 2 aromatic rings. The van der Waals surface area contributed by atoms with Crippen LogP contribution in [0.25, 0.3) is 4.96 Å². The maximum Gasteiger partial charge on any atom is 0.410 e. The number of halogens is 1. The molecule has 0 aromatic carbocycles. The van der Waals surface area contributed by atoms with E-state index in [-0.39, 0.29) is 6.09 Å². The highest BCUT2D eigenvalue weighted by molar-refractivity contribution is 14.1. The van der Waals surface area contributed by atoms with Gasteiger partial charge in [0.1, 0.15) is 9.30 Å². The molecule has 9 heteroatoms. The van der Waals surface area contributed by atoms with Crippen molar-refractivity contribution in [2.75, 3.05) is 31.1 Å². The average Bonchev–Trinajstić information content (AvgIpc) is 3.00. The number of carbonyl (C=O) groups is 1. The van der Waals surface area contributed by atoms with Crippen LogP contribution in [0.15, 0.2) is 6.20 Å². The Kier molecular flexibility index (Phi) is 4.13. The van der Waals surface area contributed by atoms with Crippen LogP contribution >= 0.6 is 33.9 Å². The number of anilines is 1. The van der Waals surface area contributed by atoms with Crippen LogP contribution in [0.3, 0.4) is 0 Å². The van der Waals surface area contributed by atoms with Crippen LogP contribution < -0.4 is 4.90 Å². The molecule has 4 heterocycles. The van der Waals surface area contributed by atoms with Gasteiger partial charge < -0.3 is 14.5 Å². The second-order valence-corrected chi connectivity index (χ2v) is 10.0. The predicted molar refractivity (Wildman–Crippen MR) is 105 cm³/mol. The molecule has 25 heavy (non-hydrogen) atoms. The van der Waals surface area contributed by atoms with Crippen LogP contribution in [0.2, 0.25) is 0 Å². The lowest BCUT2D eigenvalue weighted by atomic mass is 9.72. The van der Waals surface area contributed by atoms with E-state index in [1.165, 1.54) is 0 Å². The minimum atomic E-state index is -0.431. The van der Waals surface area contributed by atoms with Gasteiger partial charge in [-0.2, -0.15) is 0 Å². The number of imidazole rings is 1. The van der Waals surface area contributed by atoms with Gasteiger partial charge in [0, 0.05) is 31.6 Å². The molecule has 0 bridgehead atoms. The molecule has 7 nitrogen and oxygen atoms in total. The fourth-order valence-electron chi connectivity index (χ4n) is 3.50. The molecule has 1 spiro atoms. The number of nitrogens with zero attached hydrogens (tertiary/aromatic N) is 5. The molecule has 0 radical (unpaired) electrons. The zero-order valence-corrected chi connectivity index (χ0v) is 17.6. The molecule has 2 fully saturated rings. The molecule has 4 rings (SSSR count). The van der Waals surface area contributed by atoms with Gasteiger partial charge in [0.2, 0.25) is 10.1 Å². The van der Waals surface area contributed by atoms with Crippen LogP contribution in [-0.4, -0.2) is 57.4 Å². The summed E-state index contributed by atoms with van der Waals surface area (Å²) in [5.41, 5.74) is -0.111. The third-order valence-corrected chi connectivity index (χ3v) is 6.31. The van der Waals surface area contributed by atoms with E-state index >= 15 is 0 Å². The Hall–Kier alpha value is -1.10.